The quantitative estimate of drug-likeness (QED) is 0.0609. The Kier molecular flexibility index (Phi) is 18.5. The molecule has 278 valence electrons. The van der Waals surface area contributed by atoms with E-state index >= 15 is 0 Å². The summed E-state index contributed by atoms with van der Waals surface area (Å²) in [5.74, 6) is -1.33. The fourth-order valence-electron chi connectivity index (χ4n) is 4.63. The normalized spacial score (nSPS) is 13.1. The smallest absolute Gasteiger partial charge is 0.451 e. The van der Waals surface area contributed by atoms with Gasteiger partial charge in [0, 0.05) is 16.2 Å². The fourth-order valence-corrected chi connectivity index (χ4v) is 8.48. The van der Waals surface area contributed by atoms with Crippen LogP contribution in [0.1, 0.15) is 32.3 Å². The van der Waals surface area contributed by atoms with E-state index in [1.807, 2.05) is 79.6 Å². The van der Waals surface area contributed by atoms with Gasteiger partial charge in [-0.05, 0) is 103 Å². The van der Waals surface area contributed by atoms with E-state index in [0.717, 1.165) is 15.4 Å². The minimum Gasteiger partial charge on any atom is -0.451 e. The Morgan fingerprint density at radius 1 is 0.725 bits per heavy atom. The lowest BCUT2D eigenvalue weighted by Gasteiger charge is -2.31. The van der Waals surface area contributed by atoms with E-state index in [9.17, 15) is 18.9 Å². The van der Waals surface area contributed by atoms with Gasteiger partial charge >= 0.3 is 19.7 Å². The van der Waals surface area contributed by atoms with Gasteiger partial charge in [-0.2, -0.15) is 23.5 Å². The van der Waals surface area contributed by atoms with Gasteiger partial charge in [0.25, 0.3) is 5.91 Å². The van der Waals surface area contributed by atoms with Crippen molar-refractivity contribution < 1.29 is 37.5 Å². The van der Waals surface area contributed by atoms with Crippen molar-refractivity contribution in [2.75, 3.05) is 36.5 Å². The van der Waals surface area contributed by atoms with Crippen molar-refractivity contribution >= 4 is 72.6 Å². The minimum absolute atomic E-state index is 0.0277. The third-order valence-electron chi connectivity index (χ3n) is 7.38. The summed E-state index contributed by atoms with van der Waals surface area (Å²) in [6.45, 7) is 3.62. The van der Waals surface area contributed by atoms with Crippen LogP contribution in [0.4, 0.5) is 4.79 Å². The number of nitrogens with one attached hydrogen (secondary N) is 2. The number of benzene rings is 3. The molecule has 0 aromatic heterocycles. The monoisotopic (exact) mass is 794 g/mol. The van der Waals surface area contributed by atoms with E-state index in [2.05, 4.69) is 10.6 Å². The molecule has 3 atom stereocenters. The lowest BCUT2D eigenvalue weighted by molar-refractivity contribution is -0.158. The number of alkyl carbamates (subject to hydrolysis) is 1. The summed E-state index contributed by atoms with van der Waals surface area (Å²) in [5.41, 5.74) is 0.795. The van der Waals surface area contributed by atoms with Gasteiger partial charge in [-0.15, -0.1) is 23.5 Å². The number of carbonyl (C=O) groups is 3. The zero-order valence-electron chi connectivity index (χ0n) is 29.7. The largest absolute Gasteiger partial charge is 0.453 e. The molecular weight excluding hydrogens is 748 g/mol. The van der Waals surface area contributed by atoms with E-state index in [-0.39, 0.29) is 19.4 Å². The molecule has 15 heteroatoms. The second-order valence-electron chi connectivity index (χ2n) is 11.5. The predicted molar refractivity (Wildman–Crippen MR) is 212 cm³/mol. The molecule has 0 spiro atoms. The Hall–Kier alpha value is -2.90. The van der Waals surface area contributed by atoms with E-state index in [4.69, 9.17) is 18.5 Å². The van der Waals surface area contributed by atoms with E-state index < -0.39 is 49.4 Å². The highest BCUT2D eigenvalue weighted by atomic mass is 32.2. The number of amides is 2. The predicted octanol–water partition coefficient (Wildman–Crippen LogP) is 8.59. The van der Waals surface area contributed by atoms with Crippen LogP contribution in [0.15, 0.2) is 88.7 Å². The van der Waals surface area contributed by atoms with Crippen LogP contribution in [0, 0.1) is 5.92 Å². The van der Waals surface area contributed by atoms with Crippen LogP contribution in [0.3, 0.4) is 0 Å². The summed E-state index contributed by atoms with van der Waals surface area (Å²) in [6, 6.07) is 22.3. The van der Waals surface area contributed by atoms with Crippen molar-refractivity contribution in [3.63, 3.8) is 0 Å². The average molecular weight is 795 g/mol. The van der Waals surface area contributed by atoms with Crippen LogP contribution >= 0.6 is 54.6 Å². The summed E-state index contributed by atoms with van der Waals surface area (Å²) >= 11 is 6.09. The third-order valence-corrected chi connectivity index (χ3v) is 12.5. The van der Waals surface area contributed by atoms with Gasteiger partial charge in [0.1, 0.15) is 24.1 Å². The number of hydrogen-bond donors (Lipinski definition) is 2. The van der Waals surface area contributed by atoms with Gasteiger partial charge in [-0.1, -0.05) is 44.2 Å². The van der Waals surface area contributed by atoms with Gasteiger partial charge in [0.05, 0.1) is 0 Å². The summed E-state index contributed by atoms with van der Waals surface area (Å²) in [4.78, 5) is 42.2. The molecule has 0 saturated heterocycles. The Labute approximate surface area is 318 Å². The van der Waals surface area contributed by atoms with E-state index in [1.165, 1.54) is 23.5 Å². The average Bonchev–Trinajstić information content (AvgIpc) is 3.13. The molecule has 0 aliphatic heterocycles. The molecule has 0 saturated carbocycles. The SMILES string of the molecule is CSCC[C@H](NC(=O)OCc1ccccc1)C(=O)O[C@@H](CCSC)C(=O)N[C@H](C(C)C)P(=O)(Oc1ccc(SC)cc1)Oc1ccc(SC)cc1. The van der Waals surface area contributed by atoms with Gasteiger partial charge < -0.3 is 29.2 Å². The van der Waals surface area contributed by atoms with Crippen molar-refractivity contribution in [1.82, 2.24) is 10.6 Å². The molecule has 2 N–H and O–H groups in total. The summed E-state index contributed by atoms with van der Waals surface area (Å²) in [6.07, 6.45) is 6.06. The summed E-state index contributed by atoms with van der Waals surface area (Å²) in [5, 5.41) is 5.46. The molecule has 51 heavy (non-hydrogen) atoms. The van der Waals surface area contributed by atoms with E-state index in [0.29, 0.717) is 23.0 Å². The molecule has 10 nitrogen and oxygen atoms in total. The standard InChI is InChI=1S/C36H47N2O8PS4/c1-25(2)34(47(42,45-27-12-16-29(50-5)17-13-27)46-28-14-18-30(51-6)19-15-28)38-33(39)32(21-23-49-4)44-35(40)31(20-22-48-3)37-36(41)43-24-26-10-8-7-9-11-26/h7-19,25,31-32,34H,20-24H2,1-6H3,(H,37,41)(H,38,39)/t31-,32-,34-/m0/s1. The molecule has 0 heterocycles. The number of thioether (sulfide) groups is 4. The zero-order valence-corrected chi connectivity index (χ0v) is 33.9. The molecule has 0 radical (unpaired) electrons. The third kappa shape index (κ3) is 14.2. The summed E-state index contributed by atoms with van der Waals surface area (Å²) in [7, 11) is -4.18. The molecule has 2 amide bonds. The molecular formula is C36H47N2O8PS4. The fraction of sp³-hybridized carbons (Fsp3) is 0.417. The Morgan fingerprint density at radius 2 is 1.25 bits per heavy atom. The highest BCUT2D eigenvalue weighted by Crippen LogP contribution is 2.54. The first-order chi connectivity index (χ1) is 24.5. The molecule has 3 aromatic rings. The molecule has 0 unspecified atom stereocenters. The van der Waals surface area contributed by atoms with Crippen molar-refractivity contribution in [1.29, 1.82) is 0 Å². The molecule has 0 fully saturated rings. The lowest BCUT2D eigenvalue weighted by Crippen LogP contribution is -2.49. The minimum atomic E-state index is -4.18. The molecule has 0 aliphatic rings. The van der Waals surface area contributed by atoms with Crippen molar-refractivity contribution in [2.45, 2.75) is 61.0 Å². The molecule has 3 aromatic carbocycles. The van der Waals surface area contributed by atoms with Crippen molar-refractivity contribution in [3.8, 4) is 11.5 Å². The topological polar surface area (TPSA) is 129 Å². The van der Waals surface area contributed by atoms with Crippen LogP contribution in [0.5, 0.6) is 11.5 Å². The first-order valence-electron chi connectivity index (χ1n) is 16.2. The Bertz CT molecular complexity index is 1510. The lowest BCUT2D eigenvalue weighted by atomic mass is 10.2. The Balaban J connectivity index is 1.84. The Morgan fingerprint density at radius 3 is 1.75 bits per heavy atom. The molecule has 3 rings (SSSR count). The second-order valence-corrected chi connectivity index (χ2v) is 17.2. The number of ether oxygens (including phenoxy) is 2. The maximum Gasteiger partial charge on any atom is 0.453 e. The molecule has 0 aliphatic carbocycles. The number of esters is 1. The van der Waals surface area contributed by atoms with Crippen molar-refractivity contribution in [3.05, 3.63) is 84.4 Å². The maximum atomic E-state index is 14.9. The van der Waals surface area contributed by atoms with Crippen LogP contribution in [-0.4, -0.2) is 72.4 Å². The van der Waals surface area contributed by atoms with E-state index in [1.54, 1.807) is 61.6 Å². The van der Waals surface area contributed by atoms with Crippen LogP contribution < -0.4 is 19.7 Å². The summed E-state index contributed by atoms with van der Waals surface area (Å²) < 4.78 is 38.3. The van der Waals surface area contributed by atoms with Gasteiger partial charge in [-0.25, -0.2) is 14.2 Å². The van der Waals surface area contributed by atoms with Gasteiger partial charge in [-0.3, -0.25) is 4.79 Å². The first-order valence-corrected chi connectivity index (χ1v) is 23.1. The van der Waals surface area contributed by atoms with Crippen LogP contribution in [-0.2, 0) is 30.2 Å². The van der Waals surface area contributed by atoms with Gasteiger partial charge in [0.2, 0.25) is 0 Å². The molecule has 0 bridgehead atoms. The highest BCUT2D eigenvalue weighted by Gasteiger charge is 2.44. The highest BCUT2D eigenvalue weighted by molar-refractivity contribution is 7.99. The number of hydrogen-bond acceptors (Lipinski definition) is 12. The first kappa shape index (κ1) is 42.5. The number of rotatable bonds is 21. The van der Waals surface area contributed by atoms with Crippen LogP contribution in [0.25, 0.3) is 0 Å². The zero-order chi connectivity index (χ0) is 37.2. The van der Waals surface area contributed by atoms with Crippen LogP contribution in [0.2, 0.25) is 0 Å². The number of carbonyl (C=O) groups excluding carboxylic acids is 3. The van der Waals surface area contributed by atoms with Crippen molar-refractivity contribution in [2.24, 2.45) is 5.92 Å². The second kappa shape index (κ2) is 22.2. The maximum absolute atomic E-state index is 14.9. The van der Waals surface area contributed by atoms with Gasteiger partial charge in [0.15, 0.2) is 11.9 Å².